The summed E-state index contributed by atoms with van der Waals surface area (Å²) >= 11 is 1.23. The van der Waals surface area contributed by atoms with Crippen molar-refractivity contribution in [1.82, 2.24) is 30.2 Å². The number of hydrogen-bond acceptors (Lipinski definition) is 8. The Morgan fingerprint density at radius 1 is 1.15 bits per heavy atom. The molecule has 0 radical (unpaired) electrons. The van der Waals surface area contributed by atoms with Crippen molar-refractivity contribution in [2.75, 3.05) is 5.75 Å². The number of tetrazole rings is 1. The molecule has 0 unspecified atom stereocenters. The van der Waals surface area contributed by atoms with Crippen LogP contribution in [-0.2, 0) is 11.2 Å². The normalized spacial score (nSPS) is 10.6. The van der Waals surface area contributed by atoms with E-state index in [4.69, 9.17) is 5.11 Å². The predicted molar refractivity (Wildman–Crippen MR) is 92.2 cm³/mol. The first kappa shape index (κ1) is 17.7. The van der Waals surface area contributed by atoms with Gasteiger partial charge in [-0.2, -0.15) is 4.68 Å². The molecule has 3 aromatic rings. The number of thioether (sulfide) groups is 1. The maximum absolute atomic E-state index is 12.1. The number of carbonyl (C=O) groups is 2. The molecule has 0 aliphatic rings. The molecular weight excluding hydrogens is 356 g/mol. The van der Waals surface area contributed by atoms with Crippen LogP contribution in [0.2, 0.25) is 0 Å². The quantitative estimate of drug-likeness (QED) is 0.586. The van der Waals surface area contributed by atoms with Gasteiger partial charge < -0.3 is 5.11 Å². The first-order valence-corrected chi connectivity index (χ1v) is 8.63. The van der Waals surface area contributed by atoms with E-state index in [9.17, 15) is 9.59 Å². The largest absolute Gasteiger partial charge is 0.478 e. The van der Waals surface area contributed by atoms with Crippen LogP contribution < -0.4 is 0 Å². The molecule has 1 N–H and O–H groups in total. The van der Waals surface area contributed by atoms with Crippen LogP contribution in [0.1, 0.15) is 22.5 Å². The third kappa shape index (κ3) is 4.48. The number of carboxylic acid groups (broad SMARTS) is 1. The van der Waals surface area contributed by atoms with Gasteiger partial charge in [0.15, 0.2) is 0 Å². The SMILES string of the molecule is O=C(CCc1ccncn1)CSc1nnnn1-c1ccc(C(=O)O)cc1. The predicted octanol–water partition coefficient (Wildman–Crippen LogP) is 1.44. The zero-order chi connectivity index (χ0) is 18.4. The Hall–Kier alpha value is -3.14. The van der Waals surface area contributed by atoms with Gasteiger partial charge in [0, 0.05) is 18.3 Å². The van der Waals surface area contributed by atoms with E-state index < -0.39 is 5.97 Å². The Morgan fingerprint density at radius 3 is 2.65 bits per heavy atom. The number of rotatable bonds is 8. The molecule has 3 rings (SSSR count). The van der Waals surface area contributed by atoms with Gasteiger partial charge in [0.05, 0.1) is 17.0 Å². The van der Waals surface area contributed by atoms with Gasteiger partial charge in [-0.15, -0.1) is 5.10 Å². The van der Waals surface area contributed by atoms with Crippen molar-refractivity contribution < 1.29 is 14.7 Å². The van der Waals surface area contributed by atoms with E-state index in [1.165, 1.54) is 34.9 Å². The van der Waals surface area contributed by atoms with Gasteiger partial charge in [-0.3, -0.25) is 4.79 Å². The van der Waals surface area contributed by atoms with E-state index in [-0.39, 0.29) is 17.1 Å². The van der Waals surface area contributed by atoms with Gasteiger partial charge in [-0.25, -0.2) is 14.8 Å². The van der Waals surface area contributed by atoms with E-state index in [2.05, 4.69) is 25.5 Å². The average Bonchev–Trinajstić information content (AvgIpc) is 3.14. The molecule has 26 heavy (non-hydrogen) atoms. The fourth-order valence-electron chi connectivity index (χ4n) is 2.13. The molecule has 0 aliphatic carbocycles. The van der Waals surface area contributed by atoms with Crippen LogP contribution in [0.3, 0.4) is 0 Å². The second kappa shape index (κ2) is 8.30. The molecule has 132 valence electrons. The zero-order valence-corrected chi connectivity index (χ0v) is 14.3. The van der Waals surface area contributed by atoms with Crippen LogP contribution in [0.25, 0.3) is 5.69 Å². The van der Waals surface area contributed by atoms with Crippen molar-refractivity contribution in [3.05, 3.63) is 54.1 Å². The number of aryl methyl sites for hydroxylation is 1. The topological polar surface area (TPSA) is 124 Å². The lowest BCUT2D eigenvalue weighted by Crippen LogP contribution is -2.06. The van der Waals surface area contributed by atoms with Crippen molar-refractivity contribution >= 4 is 23.5 Å². The van der Waals surface area contributed by atoms with Crippen molar-refractivity contribution in [2.45, 2.75) is 18.0 Å². The third-order valence-corrected chi connectivity index (χ3v) is 4.44. The zero-order valence-electron chi connectivity index (χ0n) is 13.5. The van der Waals surface area contributed by atoms with E-state index in [0.29, 0.717) is 23.7 Å². The average molecular weight is 370 g/mol. The highest BCUT2D eigenvalue weighted by molar-refractivity contribution is 7.99. The minimum Gasteiger partial charge on any atom is -0.478 e. The smallest absolute Gasteiger partial charge is 0.335 e. The third-order valence-electron chi connectivity index (χ3n) is 3.47. The lowest BCUT2D eigenvalue weighted by Gasteiger charge is -2.04. The Morgan fingerprint density at radius 2 is 1.96 bits per heavy atom. The van der Waals surface area contributed by atoms with Crippen LogP contribution in [0.5, 0.6) is 0 Å². The van der Waals surface area contributed by atoms with Gasteiger partial charge >= 0.3 is 5.97 Å². The molecule has 0 fully saturated rings. The minimum atomic E-state index is -1.00. The lowest BCUT2D eigenvalue weighted by molar-refractivity contribution is -0.116. The second-order valence-electron chi connectivity index (χ2n) is 5.25. The molecule has 0 bridgehead atoms. The number of aromatic nitrogens is 6. The molecule has 0 amide bonds. The fourth-order valence-corrected chi connectivity index (χ4v) is 2.92. The summed E-state index contributed by atoms with van der Waals surface area (Å²) in [6.45, 7) is 0. The molecule has 9 nitrogen and oxygen atoms in total. The number of ketones is 1. The first-order chi connectivity index (χ1) is 12.6. The van der Waals surface area contributed by atoms with E-state index in [0.717, 1.165) is 5.69 Å². The van der Waals surface area contributed by atoms with Crippen molar-refractivity contribution in [3.63, 3.8) is 0 Å². The highest BCUT2D eigenvalue weighted by atomic mass is 32.2. The maximum atomic E-state index is 12.1. The van der Waals surface area contributed by atoms with E-state index >= 15 is 0 Å². The van der Waals surface area contributed by atoms with E-state index in [1.807, 2.05) is 0 Å². The molecule has 0 saturated heterocycles. The summed E-state index contributed by atoms with van der Waals surface area (Å²) in [7, 11) is 0. The van der Waals surface area contributed by atoms with Crippen LogP contribution >= 0.6 is 11.8 Å². The first-order valence-electron chi connectivity index (χ1n) is 7.65. The number of hydrogen-bond donors (Lipinski definition) is 1. The van der Waals surface area contributed by atoms with Gasteiger partial charge in [-0.05, 0) is 47.2 Å². The molecule has 2 heterocycles. The monoisotopic (exact) mass is 370 g/mol. The highest BCUT2D eigenvalue weighted by Crippen LogP contribution is 2.19. The van der Waals surface area contributed by atoms with Crippen molar-refractivity contribution in [1.29, 1.82) is 0 Å². The summed E-state index contributed by atoms with van der Waals surface area (Å²) < 4.78 is 1.47. The Balaban J connectivity index is 1.58. The summed E-state index contributed by atoms with van der Waals surface area (Å²) in [5, 5.41) is 20.8. The van der Waals surface area contributed by atoms with Gasteiger partial charge in [0.25, 0.3) is 0 Å². The Labute approximate surface area is 152 Å². The number of carbonyl (C=O) groups excluding carboxylic acids is 1. The van der Waals surface area contributed by atoms with Gasteiger partial charge in [-0.1, -0.05) is 11.8 Å². The van der Waals surface area contributed by atoms with Gasteiger partial charge in [0.1, 0.15) is 12.1 Å². The molecule has 0 atom stereocenters. The fraction of sp³-hybridized carbons (Fsp3) is 0.188. The lowest BCUT2D eigenvalue weighted by atomic mass is 10.2. The summed E-state index contributed by atoms with van der Waals surface area (Å²) in [6, 6.07) is 7.95. The van der Waals surface area contributed by atoms with Crippen LogP contribution in [0.15, 0.2) is 48.0 Å². The molecule has 0 saturated carbocycles. The molecule has 2 aromatic heterocycles. The summed E-state index contributed by atoms with van der Waals surface area (Å²) in [6.07, 6.45) is 4.03. The number of Topliss-reactive ketones (excluding diaryl/α,β-unsaturated/α-hetero) is 1. The summed E-state index contributed by atoms with van der Waals surface area (Å²) in [4.78, 5) is 30.9. The molecule has 1 aromatic carbocycles. The second-order valence-corrected chi connectivity index (χ2v) is 6.20. The van der Waals surface area contributed by atoms with Crippen molar-refractivity contribution in [2.24, 2.45) is 0 Å². The number of aromatic carboxylic acids is 1. The molecule has 10 heteroatoms. The summed E-state index contributed by atoms with van der Waals surface area (Å²) in [5.74, 6) is -0.708. The number of nitrogens with zero attached hydrogens (tertiary/aromatic N) is 6. The number of benzene rings is 1. The Kier molecular flexibility index (Phi) is 5.64. The number of carboxylic acids is 1. The van der Waals surface area contributed by atoms with E-state index in [1.54, 1.807) is 24.4 Å². The van der Waals surface area contributed by atoms with Crippen LogP contribution in [0, 0.1) is 0 Å². The van der Waals surface area contributed by atoms with Crippen LogP contribution in [-0.4, -0.2) is 52.8 Å². The minimum absolute atomic E-state index is 0.0596. The maximum Gasteiger partial charge on any atom is 0.335 e. The van der Waals surface area contributed by atoms with Crippen LogP contribution in [0.4, 0.5) is 0 Å². The summed E-state index contributed by atoms with van der Waals surface area (Å²) in [5.41, 5.74) is 1.62. The standard InChI is InChI=1S/C16H14N6O3S/c23-14(6-3-12-7-8-17-10-18-12)9-26-16-19-20-21-22(16)13-4-1-11(2-5-13)15(24)25/h1-2,4-5,7-8,10H,3,6,9H2,(H,24,25). The molecule has 0 aliphatic heterocycles. The molecular formula is C16H14N6O3S. The molecule has 0 spiro atoms. The van der Waals surface area contributed by atoms with Crippen molar-refractivity contribution in [3.8, 4) is 5.69 Å². The van der Waals surface area contributed by atoms with Gasteiger partial charge in [0.2, 0.25) is 5.16 Å². The Bertz CT molecular complexity index is 898. The highest BCUT2D eigenvalue weighted by Gasteiger charge is 2.12.